The van der Waals surface area contributed by atoms with Crippen molar-refractivity contribution >= 4 is 68.2 Å². The molecule has 0 atom stereocenters. The van der Waals surface area contributed by atoms with Crippen LogP contribution < -0.4 is 21.1 Å². The van der Waals surface area contributed by atoms with E-state index < -0.39 is 0 Å². The van der Waals surface area contributed by atoms with E-state index in [-0.39, 0.29) is 5.41 Å². The van der Waals surface area contributed by atoms with Crippen molar-refractivity contribution in [3.8, 4) is 33.4 Å². The van der Waals surface area contributed by atoms with Crippen LogP contribution >= 0.6 is 0 Å². The summed E-state index contributed by atoms with van der Waals surface area (Å²) in [7, 11) is 2.44. The molecule has 0 amide bonds. The van der Waals surface area contributed by atoms with Crippen LogP contribution in [-0.2, 0) is 5.41 Å². The Morgan fingerprint density at radius 3 is 1.82 bits per heavy atom. The maximum Gasteiger partial charge on any atom is 0.197 e. The molecule has 56 heavy (non-hydrogen) atoms. The third-order valence-electron chi connectivity index (χ3n) is 12.0. The highest BCUT2D eigenvalue weighted by atomic mass is 15.2. The Hall–Kier alpha value is -6.84. The number of para-hydroxylation sites is 2. The van der Waals surface area contributed by atoms with Crippen molar-refractivity contribution in [2.45, 2.75) is 19.3 Å². The Bertz CT molecular complexity index is 2940. The molecule has 263 valence electrons. The highest BCUT2D eigenvalue weighted by molar-refractivity contribution is 6.74. The van der Waals surface area contributed by atoms with Crippen molar-refractivity contribution < 1.29 is 0 Å². The zero-order chi connectivity index (χ0) is 37.4. The molecule has 0 fully saturated rings. The lowest BCUT2D eigenvalue weighted by molar-refractivity contribution is 0.633. The van der Waals surface area contributed by atoms with Crippen molar-refractivity contribution in [3.63, 3.8) is 0 Å². The smallest absolute Gasteiger partial charge is 0.197 e. The maximum absolute atomic E-state index is 3.93. The second kappa shape index (κ2) is 12.6. The average Bonchev–Trinajstić information content (AvgIpc) is 3.25. The Kier molecular flexibility index (Phi) is 7.34. The van der Waals surface area contributed by atoms with Gasteiger partial charge in [-0.3, -0.25) is 0 Å². The summed E-state index contributed by atoms with van der Waals surface area (Å²) in [6.45, 7) is 4.77. The van der Waals surface area contributed by atoms with Crippen molar-refractivity contribution in [1.29, 1.82) is 0 Å². The van der Waals surface area contributed by atoms with E-state index in [0.717, 1.165) is 16.9 Å². The van der Waals surface area contributed by atoms with E-state index in [2.05, 4.69) is 219 Å². The third kappa shape index (κ3) is 5.12. The first-order chi connectivity index (χ1) is 27.5. The lowest BCUT2D eigenvalue weighted by Crippen LogP contribution is -2.45. The van der Waals surface area contributed by atoms with Crippen molar-refractivity contribution in [2.75, 3.05) is 10.2 Å². The van der Waals surface area contributed by atoms with Gasteiger partial charge in [0.1, 0.15) is 0 Å². The van der Waals surface area contributed by atoms with Crippen LogP contribution in [0, 0.1) is 0 Å². The second-order valence-electron chi connectivity index (χ2n) is 15.7. The lowest BCUT2D eigenvalue weighted by Gasteiger charge is -2.46. The number of nitrogens with one attached hydrogen (secondary N) is 1. The summed E-state index contributed by atoms with van der Waals surface area (Å²) in [6.07, 6.45) is 0. The largest absolute Gasteiger partial charge is 0.355 e. The van der Waals surface area contributed by atoms with Gasteiger partial charge in [0.05, 0.1) is 5.69 Å². The first-order valence-electron chi connectivity index (χ1n) is 19.5. The first kappa shape index (κ1) is 32.6. The molecule has 2 nitrogen and oxygen atoms in total. The molecule has 2 aliphatic heterocycles. The number of nitrogens with zero attached hydrogens (tertiary/aromatic N) is 1. The molecule has 9 aromatic carbocycles. The summed E-state index contributed by atoms with van der Waals surface area (Å²) in [5, 5.41) is 8.92. The van der Waals surface area contributed by atoms with E-state index in [9.17, 15) is 0 Å². The molecule has 0 saturated heterocycles. The van der Waals surface area contributed by atoms with Crippen LogP contribution in [-0.4, -0.2) is 7.28 Å². The molecule has 0 unspecified atom stereocenters. The van der Waals surface area contributed by atoms with E-state index in [1.807, 2.05) is 0 Å². The Morgan fingerprint density at radius 2 is 1.09 bits per heavy atom. The number of benzene rings is 9. The second-order valence-corrected chi connectivity index (χ2v) is 15.7. The van der Waals surface area contributed by atoms with E-state index in [4.69, 9.17) is 0 Å². The van der Waals surface area contributed by atoms with Gasteiger partial charge in [-0.15, -0.1) is 0 Å². The minimum absolute atomic E-state index is 0.177. The highest BCUT2D eigenvalue weighted by Crippen LogP contribution is 2.54. The number of rotatable bonds is 5. The molecule has 0 spiro atoms. The number of hydrogen-bond acceptors (Lipinski definition) is 2. The topological polar surface area (TPSA) is 15.3 Å². The molecule has 2 aliphatic rings. The molecule has 1 N–H and O–H groups in total. The van der Waals surface area contributed by atoms with Crippen LogP contribution in [0.3, 0.4) is 0 Å². The van der Waals surface area contributed by atoms with Crippen LogP contribution in [0.4, 0.5) is 28.4 Å². The van der Waals surface area contributed by atoms with Crippen LogP contribution in [0.1, 0.15) is 25.0 Å². The summed E-state index contributed by atoms with van der Waals surface area (Å²) in [4.78, 5) is 2.59. The molecule has 11 rings (SSSR count). The fourth-order valence-corrected chi connectivity index (χ4v) is 9.23. The van der Waals surface area contributed by atoms with Crippen molar-refractivity contribution in [3.05, 3.63) is 199 Å². The van der Waals surface area contributed by atoms with E-state index >= 15 is 0 Å². The minimum Gasteiger partial charge on any atom is -0.355 e. The van der Waals surface area contributed by atoms with Gasteiger partial charge in [0.2, 0.25) is 0 Å². The maximum atomic E-state index is 3.93. The van der Waals surface area contributed by atoms with Gasteiger partial charge < -0.3 is 10.2 Å². The standard InChI is InChI=1S/C53H38BN2/c1-53(2)45-25-15-26-47-52(45)56(49-33-37-21-10-9-20-36(37)32-46(49)53)51-42-23-12-11-22-38(42)31-44(50(51)54-47)43-24-13-14-27-48(43)55-41-29-39(34-16-5-3-6-17-34)28-40(30-41)35-18-7-4-8-19-35/h3-33,55H,1-2H3. The van der Waals surface area contributed by atoms with Crippen LogP contribution in [0.5, 0.6) is 0 Å². The first-order valence-corrected chi connectivity index (χ1v) is 19.5. The minimum atomic E-state index is -0.177. The fraction of sp³-hybridized carbons (Fsp3) is 0.0566. The molecule has 2 heterocycles. The van der Waals surface area contributed by atoms with Gasteiger partial charge >= 0.3 is 0 Å². The summed E-state index contributed by atoms with van der Waals surface area (Å²) in [5.41, 5.74) is 18.0. The van der Waals surface area contributed by atoms with Gasteiger partial charge in [0, 0.05) is 39.1 Å². The normalized spacial score (nSPS) is 13.4. The molecule has 0 aromatic heterocycles. The van der Waals surface area contributed by atoms with E-state index in [1.54, 1.807) is 0 Å². The summed E-state index contributed by atoms with van der Waals surface area (Å²) in [5.74, 6) is 0. The molecule has 9 aromatic rings. The van der Waals surface area contributed by atoms with Crippen LogP contribution in [0.25, 0.3) is 54.9 Å². The number of anilines is 5. The molecule has 0 aliphatic carbocycles. The summed E-state index contributed by atoms with van der Waals surface area (Å²) < 4.78 is 0. The quantitative estimate of drug-likeness (QED) is 0.179. The van der Waals surface area contributed by atoms with Gasteiger partial charge in [-0.25, -0.2) is 0 Å². The molecule has 3 heteroatoms. The Balaban J connectivity index is 1.13. The molecule has 0 bridgehead atoms. The average molecular weight is 714 g/mol. The van der Waals surface area contributed by atoms with E-state index in [0.29, 0.717) is 0 Å². The van der Waals surface area contributed by atoms with Gasteiger partial charge in [-0.1, -0.05) is 165 Å². The Labute approximate surface area is 329 Å². The summed E-state index contributed by atoms with van der Waals surface area (Å²) in [6, 6.07) is 68.7. The van der Waals surface area contributed by atoms with Crippen molar-refractivity contribution in [1.82, 2.24) is 0 Å². The lowest BCUT2D eigenvalue weighted by atomic mass is 9.55. The van der Waals surface area contributed by atoms with Crippen molar-refractivity contribution in [2.24, 2.45) is 0 Å². The zero-order valence-electron chi connectivity index (χ0n) is 31.4. The van der Waals surface area contributed by atoms with Crippen LogP contribution in [0.15, 0.2) is 188 Å². The number of fused-ring (bicyclic) bond motifs is 7. The monoisotopic (exact) mass is 713 g/mol. The molecule has 0 saturated carbocycles. The fourth-order valence-electron chi connectivity index (χ4n) is 9.23. The summed E-state index contributed by atoms with van der Waals surface area (Å²) >= 11 is 0. The molecular formula is C53H38BN2. The third-order valence-corrected chi connectivity index (χ3v) is 12.0. The van der Waals surface area contributed by atoms with E-state index in [1.165, 1.54) is 88.5 Å². The predicted octanol–water partition coefficient (Wildman–Crippen LogP) is 12.8. The predicted molar refractivity (Wildman–Crippen MR) is 239 cm³/mol. The van der Waals surface area contributed by atoms with Gasteiger partial charge in [0.15, 0.2) is 7.28 Å². The van der Waals surface area contributed by atoms with Crippen LogP contribution in [0.2, 0.25) is 0 Å². The molecule has 1 radical (unpaired) electrons. The van der Waals surface area contributed by atoms with Gasteiger partial charge in [-0.05, 0) is 103 Å². The highest BCUT2D eigenvalue weighted by Gasteiger charge is 2.42. The number of hydrogen-bond donors (Lipinski definition) is 1. The SMILES string of the molecule is CC1(C)c2cc3ccccc3cc2N2c3c(cccc31)[B]c1c(-c3ccccc3Nc3cc(-c4ccccc4)cc(-c4ccccc4)c3)cc3ccccc3c12. The van der Waals surface area contributed by atoms with Gasteiger partial charge in [-0.2, -0.15) is 0 Å². The molecular weight excluding hydrogens is 675 g/mol. The zero-order valence-corrected chi connectivity index (χ0v) is 31.4. The van der Waals surface area contributed by atoms with Gasteiger partial charge in [0.25, 0.3) is 0 Å². The Morgan fingerprint density at radius 1 is 0.464 bits per heavy atom.